The van der Waals surface area contributed by atoms with E-state index in [-0.39, 0.29) is 5.91 Å². The molecule has 2 heterocycles. The lowest BCUT2D eigenvalue weighted by Gasteiger charge is -2.04. The van der Waals surface area contributed by atoms with Gasteiger partial charge in [-0.05, 0) is 24.5 Å². The zero-order chi connectivity index (χ0) is 15.5. The van der Waals surface area contributed by atoms with E-state index >= 15 is 0 Å². The Balaban J connectivity index is 1.87. The van der Waals surface area contributed by atoms with Gasteiger partial charge in [0.15, 0.2) is 0 Å². The summed E-state index contributed by atoms with van der Waals surface area (Å²) in [6.07, 6.45) is 5.51. The van der Waals surface area contributed by atoms with Gasteiger partial charge in [0.2, 0.25) is 5.95 Å². The van der Waals surface area contributed by atoms with Crippen LogP contribution in [-0.2, 0) is 0 Å². The van der Waals surface area contributed by atoms with Crippen LogP contribution in [0.3, 0.4) is 0 Å². The Morgan fingerprint density at radius 2 is 2.18 bits per heavy atom. The van der Waals surface area contributed by atoms with Gasteiger partial charge in [0, 0.05) is 29.7 Å². The van der Waals surface area contributed by atoms with Gasteiger partial charge in [-0.15, -0.1) is 11.8 Å². The summed E-state index contributed by atoms with van der Waals surface area (Å²) in [5.74, 6) is 0.324. The molecule has 0 aliphatic heterocycles. The molecular formula is C15H15N5OS. The van der Waals surface area contributed by atoms with Gasteiger partial charge in [0.05, 0.1) is 11.2 Å². The minimum atomic E-state index is -0.169. The summed E-state index contributed by atoms with van der Waals surface area (Å²) < 4.78 is 0. The molecule has 112 valence electrons. The number of nitrogens with one attached hydrogen (secondary N) is 3. The maximum Gasteiger partial charge on any atom is 0.267 e. The second-order valence-corrected chi connectivity index (χ2v) is 5.50. The summed E-state index contributed by atoms with van der Waals surface area (Å²) in [5, 5.41) is 6.65. The molecule has 2 aromatic heterocycles. The summed E-state index contributed by atoms with van der Waals surface area (Å²) in [5.41, 5.74) is 2.10. The largest absolute Gasteiger partial charge is 0.355 e. The molecule has 0 aliphatic carbocycles. The molecule has 3 N–H and O–H groups in total. The minimum Gasteiger partial charge on any atom is -0.355 e. The van der Waals surface area contributed by atoms with Gasteiger partial charge in [0.25, 0.3) is 5.91 Å². The number of carbonyl (C=O) groups excluding carboxylic acids is 1. The van der Waals surface area contributed by atoms with E-state index in [9.17, 15) is 4.79 Å². The van der Waals surface area contributed by atoms with Crippen LogP contribution in [0.25, 0.3) is 10.9 Å². The molecule has 0 bridgehead atoms. The van der Waals surface area contributed by atoms with E-state index in [0.29, 0.717) is 11.6 Å². The monoisotopic (exact) mass is 313 g/mol. The summed E-state index contributed by atoms with van der Waals surface area (Å²) >= 11 is 1.67. The van der Waals surface area contributed by atoms with Crippen LogP contribution in [0.2, 0.25) is 0 Å². The number of aromatic nitrogens is 3. The van der Waals surface area contributed by atoms with Crippen molar-refractivity contribution in [2.45, 2.75) is 4.90 Å². The number of aromatic amines is 1. The predicted molar refractivity (Wildman–Crippen MR) is 88.8 cm³/mol. The number of H-pyrrole nitrogens is 1. The molecule has 0 spiro atoms. The Morgan fingerprint density at radius 1 is 1.32 bits per heavy atom. The van der Waals surface area contributed by atoms with Gasteiger partial charge in [-0.1, -0.05) is 6.07 Å². The maximum absolute atomic E-state index is 11.5. The molecule has 7 heteroatoms. The average molecular weight is 313 g/mol. The van der Waals surface area contributed by atoms with Crippen molar-refractivity contribution in [3.63, 3.8) is 0 Å². The van der Waals surface area contributed by atoms with Crippen molar-refractivity contribution in [3.05, 3.63) is 42.4 Å². The number of carbonyl (C=O) groups is 1. The van der Waals surface area contributed by atoms with Gasteiger partial charge in [-0.3, -0.25) is 4.79 Å². The zero-order valence-corrected chi connectivity index (χ0v) is 13.0. The Kier molecular flexibility index (Phi) is 3.97. The number of nitrogens with zero attached hydrogens (tertiary/aromatic N) is 2. The van der Waals surface area contributed by atoms with Gasteiger partial charge < -0.3 is 15.6 Å². The SMILES string of the molecule is CNC(=O)c1cc(Nc2ncc3ccc(SC)cc3n2)c[nH]1. The molecule has 0 unspecified atom stereocenters. The van der Waals surface area contributed by atoms with Crippen LogP contribution in [0, 0.1) is 0 Å². The number of fused-ring (bicyclic) bond motifs is 1. The molecule has 0 atom stereocenters. The lowest BCUT2D eigenvalue weighted by Crippen LogP contribution is -2.17. The molecule has 3 rings (SSSR count). The van der Waals surface area contributed by atoms with Crippen LogP contribution in [0.5, 0.6) is 0 Å². The molecule has 1 aromatic carbocycles. The quantitative estimate of drug-likeness (QED) is 0.645. The van der Waals surface area contributed by atoms with E-state index in [4.69, 9.17) is 0 Å². The summed E-state index contributed by atoms with van der Waals surface area (Å²) in [4.78, 5) is 24.4. The van der Waals surface area contributed by atoms with Crippen molar-refractivity contribution < 1.29 is 4.79 Å². The number of rotatable bonds is 4. The van der Waals surface area contributed by atoms with E-state index in [1.165, 1.54) is 0 Å². The second-order valence-electron chi connectivity index (χ2n) is 4.62. The number of benzene rings is 1. The summed E-state index contributed by atoms with van der Waals surface area (Å²) in [7, 11) is 1.59. The number of hydrogen-bond acceptors (Lipinski definition) is 5. The fourth-order valence-corrected chi connectivity index (χ4v) is 2.49. The van der Waals surface area contributed by atoms with E-state index in [1.807, 2.05) is 24.5 Å². The van der Waals surface area contributed by atoms with Crippen LogP contribution in [0.1, 0.15) is 10.5 Å². The zero-order valence-electron chi connectivity index (χ0n) is 12.2. The number of amides is 1. The van der Waals surface area contributed by atoms with Gasteiger partial charge in [-0.25, -0.2) is 9.97 Å². The fourth-order valence-electron chi connectivity index (χ4n) is 2.05. The normalized spacial score (nSPS) is 10.6. The molecule has 0 radical (unpaired) electrons. The highest BCUT2D eigenvalue weighted by Crippen LogP contribution is 2.22. The van der Waals surface area contributed by atoms with Crippen LogP contribution in [-0.4, -0.2) is 34.2 Å². The first kappa shape index (κ1) is 14.4. The highest BCUT2D eigenvalue weighted by Gasteiger charge is 2.07. The fraction of sp³-hybridized carbons (Fsp3) is 0.133. The Bertz CT molecular complexity index is 830. The molecule has 0 aliphatic rings. The molecular weight excluding hydrogens is 298 g/mol. The second kappa shape index (κ2) is 6.07. The molecule has 0 saturated heterocycles. The average Bonchev–Trinajstić information content (AvgIpc) is 3.01. The molecule has 6 nitrogen and oxygen atoms in total. The molecule has 0 saturated carbocycles. The molecule has 22 heavy (non-hydrogen) atoms. The van der Waals surface area contributed by atoms with E-state index in [2.05, 4.69) is 25.6 Å². The van der Waals surface area contributed by atoms with Crippen molar-refractivity contribution in [1.29, 1.82) is 0 Å². The van der Waals surface area contributed by atoms with Crippen molar-refractivity contribution in [3.8, 4) is 0 Å². The first-order chi connectivity index (χ1) is 10.7. The number of anilines is 2. The third-order valence-electron chi connectivity index (χ3n) is 3.20. The number of hydrogen-bond donors (Lipinski definition) is 3. The van der Waals surface area contributed by atoms with E-state index in [1.54, 1.807) is 37.3 Å². The highest BCUT2D eigenvalue weighted by molar-refractivity contribution is 7.98. The third kappa shape index (κ3) is 2.89. The van der Waals surface area contributed by atoms with Crippen molar-refractivity contribution >= 4 is 40.2 Å². The predicted octanol–water partition coefficient (Wildman–Crippen LogP) is 2.78. The topological polar surface area (TPSA) is 82.7 Å². The van der Waals surface area contributed by atoms with Crippen molar-refractivity contribution in [1.82, 2.24) is 20.3 Å². The summed E-state index contributed by atoms with van der Waals surface area (Å²) in [6, 6.07) is 7.79. The van der Waals surface area contributed by atoms with E-state index in [0.717, 1.165) is 21.5 Å². The standard InChI is InChI=1S/C15H15N5OS/c1-16-14(21)13-5-10(8-17-13)19-15-18-7-9-3-4-11(22-2)6-12(9)20-15/h3-8,17H,1-2H3,(H,16,21)(H,18,19,20). The van der Waals surface area contributed by atoms with Gasteiger partial charge in [-0.2, -0.15) is 0 Å². The minimum absolute atomic E-state index is 0.169. The van der Waals surface area contributed by atoms with Crippen LogP contribution in [0.4, 0.5) is 11.6 Å². The van der Waals surface area contributed by atoms with E-state index < -0.39 is 0 Å². The van der Waals surface area contributed by atoms with Crippen molar-refractivity contribution in [2.24, 2.45) is 0 Å². The van der Waals surface area contributed by atoms with Crippen LogP contribution < -0.4 is 10.6 Å². The lowest BCUT2D eigenvalue weighted by molar-refractivity contribution is 0.0959. The van der Waals surface area contributed by atoms with Gasteiger partial charge in [0.1, 0.15) is 5.69 Å². The van der Waals surface area contributed by atoms with Gasteiger partial charge >= 0.3 is 0 Å². The van der Waals surface area contributed by atoms with Crippen molar-refractivity contribution in [2.75, 3.05) is 18.6 Å². The smallest absolute Gasteiger partial charge is 0.267 e. The summed E-state index contributed by atoms with van der Waals surface area (Å²) in [6.45, 7) is 0. The Labute approximate surface area is 131 Å². The molecule has 1 amide bonds. The Morgan fingerprint density at radius 3 is 2.95 bits per heavy atom. The lowest BCUT2D eigenvalue weighted by atomic mass is 10.2. The molecule has 3 aromatic rings. The first-order valence-electron chi connectivity index (χ1n) is 6.68. The van der Waals surface area contributed by atoms with Crippen LogP contribution >= 0.6 is 11.8 Å². The Hall–Kier alpha value is -2.54. The van der Waals surface area contributed by atoms with Crippen LogP contribution in [0.15, 0.2) is 41.6 Å². The maximum atomic E-state index is 11.5. The number of thioether (sulfide) groups is 1. The third-order valence-corrected chi connectivity index (χ3v) is 3.93. The molecule has 0 fully saturated rings. The first-order valence-corrected chi connectivity index (χ1v) is 7.90. The highest BCUT2D eigenvalue weighted by atomic mass is 32.2.